The number of ether oxygens (including phenoxy) is 1. The molecule has 3 amide bonds. The summed E-state index contributed by atoms with van der Waals surface area (Å²) in [5.74, 6) is -0.951. The first-order valence-corrected chi connectivity index (χ1v) is 14.1. The van der Waals surface area contributed by atoms with Crippen molar-refractivity contribution in [3.8, 4) is 5.75 Å². The summed E-state index contributed by atoms with van der Waals surface area (Å²) in [5.41, 5.74) is 0.973. The van der Waals surface area contributed by atoms with Crippen molar-refractivity contribution in [2.24, 2.45) is 5.92 Å². The van der Waals surface area contributed by atoms with E-state index in [1.807, 2.05) is 70.2 Å². The Bertz CT molecular complexity index is 1400. The van der Waals surface area contributed by atoms with Gasteiger partial charge in [-0.2, -0.15) is 0 Å². The minimum Gasteiger partial charge on any atom is -0.508 e. The van der Waals surface area contributed by atoms with Crippen LogP contribution in [0.3, 0.4) is 0 Å². The molecule has 3 aromatic carbocycles. The van der Waals surface area contributed by atoms with E-state index >= 15 is 0 Å². The van der Waals surface area contributed by atoms with Crippen molar-refractivity contribution < 1.29 is 24.2 Å². The van der Waals surface area contributed by atoms with Crippen molar-refractivity contribution in [3.63, 3.8) is 0 Å². The molecule has 0 saturated heterocycles. The van der Waals surface area contributed by atoms with Crippen LogP contribution in [0.4, 0.5) is 10.5 Å². The number of aryl methyl sites for hydroxylation is 1. The highest BCUT2D eigenvalue weighted by Crippen LogP contribution is 2.31. The number of amides is 3. The van der Waals surface area contributed by atoms with Crippen molar-refractivity contribution in [2.45, 2.75) is 85.5 Å². The average molecular weight is 562 g/mol. The molecular weight excluding hydrogens is 518 g/mol. The molecule has 3 rings (SSSR count). The third-order valence-electron chi connectivity index (χ3n) is 7.04. The average Bonchev–Trinajstić information content (AvgIpc) is 2.89. The molecule has 0 aliphatic carbocycles. The Morgan fingerprint density at radius 1 is 0.951 bits per heavy atom. The SMILES string of the molecule is CCC(C)C(NC(=O)OC(C)(C)C)C(=O)N(C(C)C)C(C(=O)Nc1ccc2ccccc2c1)c1ccc(O)c(C)c1. The number of alkyl carbamates (subject to hydrolysis) is 1. The number of phenolic OH excluding ortho intramolecular Hbond substituents is 1. The molecule has 0 bridgehead atoms. The largest absolute Gasteiger partial charge is 0.508 e. The summed E-state index contributed by atoms with van der Waals surface area (Å²) in [4.78, 5) is 42.7. The second-order valence-electron chi connectivity index (χ2n) is 11.8. The highest BCUT2D eigenvalue weighted by Gasteiger charge is 2.39. The zero-order valence-electron chi connectivity index (χ0n) is 25.3. The highest BCUT2D eigenvalue weighted by atomic mass is 16.6. The number of carbonyl (C=O) groups is 3. The van der Waals surface area contributed by atoms with Gasteiger partial charge in [0.05, 0.1) is 0 Å². The molecule has 0 heterocycles. The predicted molar refractivity (Wildman–Crippen MR) is 163 cm³/mol. The number of nitrogens with one attached hydrogen (secondary N) is 2. The van der Waals surface area contributed by atoms with E-state index in [0.29, 0.717) is 23.2 Å². The van der Waals surface area contributed by atoms with E-state index in [-0.39, 0.29) is 11.7 Å². The summed E-state index contributed by atoms with van der Waals surface area (Å²) in [5, 5.41) is 18.0. The van der Waals surface area contributed by atoms with Crippen molar-refractivity contribution in [1.82, 2.24) is 10.2 Å². The number of hydrogen-bond donors (Lipinski definition) is 3. The van der Waals surface area contributed by atoms with Crippen molar-refractivity contribution >= 4 is 34.4 Å². The number of fused-ring (bicyclic) bond motifs is 1. The molecule has 3 atom stereocenters. The zero-order chi connectivity index (χ0) is 30.5. The predicted octanol–water partition coefficient (Wildman–Crippen LogP) is 6.71. The van der Waals surface area contributed by atoms with Gasteiger partial charge in [-0.1, -0.05) is 56.7 Å². The van der Waals surface area contributed by atoms with Gasteiger partial charge in [0, 0.05) is 11.7 Å². The lowest BCUT2D eigenvalue weighted by molar-refractivity contribution is -0.144. The van der Waals surface area contributed by atoms with Crippen LogP contribution in [-0.2, 0) is 14.3 Å². The Morgan fingerprint density at radius 2 is 1.61 bits per heavy atom. The second-order valence-corrected chi connectivity index (χ2v) is 11.8. The van der Waals surface area contributed by atoms with E-state index in [0.717, 1.165) is 10.8 Å². The number of nitrogens with zero attached hydrogens (tertiary/aromatic N) is 1. The molecule has 0 radical (unpaired) electrons. The maximum Gasteiger partial charge on any atom is 0.408 e. The molecule has 0 fully saturated rings. The normalized spacial score (nSPS) is 13.8. The van der Waals surface area contributed by atoms with Gasteiger partial charge in [0.25, 0.3) is 5.91 Å². The van der Waals surface area contributed by atoms with Crippen LogP contribution in [0.1, 0.15) is 72.1 Å². The molecule has 3 aromatic rings. The Balaban J connectivity index is 2.06. The van der Waals surface area contributed by atoms with E-state index in [1.165, 1.54) is 11.0 Å². The number of carbonyl (C=O) groups excluding carboxylic acids is 3. The first-order valence-electron chi connectivity index (χ1n) is 14.1. The molecule has 0 aromatic heterocycles. The smallest absolute Gasteiger partial charge is 0.408 e. The fourth-order valence-corrected chi connectivity index (χ4v) is 4.72. The summed E-state index contributed by atoms with van der Waals surface area (Å²) < 4.78 is 5.46. The van der Waals surface area contributed by atoms with E-state index in [2.05, 4.69) is 10.6 Å². The standard InChI is InChI=1S/C33H43N3O5/c1-9-21(4)28(35-32(40)41-33(6,7)8)31(39)36(20(2)3)29(25-15-17-27(37)22(5)18-25)30(38)34-26-16-14-23-12-10-11-13-24(23)19-26/h10-21,28-29,37H,9H2,1-8H3,(H,34,38)(H,35,40). The lowest BCUT2D eigenvalue weighted by Crippen LogP contribution is -2.56. The molecule has 8 heteroatoms. The van der Waals surface area contributed by atoms with Crippen LogP contribution >= 0.6 is 0 Å². The van der Waals surface area contributed by atoms with Crippen molar-refractivity contribution in [1.29, 1.82) is 0 Å². The van der Waals surface area contributed by atoms with Gasteiger partial charge >= 0.3 is 6.09 Å². The number of anilines is 1. The molecule has 0 aliphatic heterocycles. The van der Waals surface area contributed by atoms with E-state index < -0.39 is 41.6 Å². The first kappa shape index (κ1) is 31.5. The summed E-state index contributed by atoms with van der Waals surface area (Å²) in [6.45, 7) is 14.5. The molecule has 0 saturated carbocycles. The van der Waals surface area contributed by atoms with E-state index in [9.17, 15) is 19.5 Å². The van der Waals surface area contributed by atoms with Crippen molar-refractivity contribution in [2.75, 3.05) is 5.32 Å². The van der Waals surface area contributed by atoms with Gasteiger partial charge < -0.3 is 25.4 Å². The summed E-state index contributed by atoms with van der Waals surface area (Å²) in [7, 11) is 0. The van der Waals surface area contributed by atoms with Crippen LogP contribution in [0.5, 0.6) is 5.75 Å². The highest BCUT2D eigenvalue weighted by molar-refractivity contribution is 6.00. The summed E-state index contributed by atoms with van der Waals surface area (Å²) >= 11 is 0. The minimum atomic E-state index is -1.04. The van der Waals surface area contributed by atoms with Crippen LogP contribution in [-0.4, -0.2) is 45.6 Å². The monoisotopic (exact) mass is 561 g/mol. The molecule has 0 spiro atoms. The van der Waals surface area contributed by atoms with Crippen LogP contribution in [0.25, 0.3) is 10.8 Å². The van der Waals surface area contributed by atoms with E-state index in [1.54, 1.807) is 39.8 Å². The van der Waals surface area contributed by atoms with Gasteiger partial charge in [-0.25, -0.2) is 4.79 Å². The zero-order valence-corrected chi connectivity index (χ0v) is 25.3. The van der Waals surface area contributed by atoms with Gasteiger partial charge in [-0.05, 0) is 93.6 Å². The van der Waals surface area contributed by atoms with Gasteiger partial charge in [0.15, 0.2) is 0 Å². The van der Waals surface area contributed by atoms with Gasteiger partial charge in [-0.3, -0.25) is 9.59 Å². The number of aromatic hydroxyl groups is 1. The van der Waals surface area contributed by atoms with Crippen LogP contribution in [0, 0.1) is 12.8 Å². The number of benzene rings is 3. The maximum atomic E-state index is 14.3. The van der Waals surface area contributed by atoms with Gasteiger partial charge in [0.2, 0.25) is 5.91 Å². The summed E-state index contributed by atoms with van der Waals surface area (Å²) in [6.07, 6.45) is -0.0813. The fraction of sp³-hybridized carbons (Fsp3) is 0.424. The Morgan fingerprint density at radius 3 is 2.20 bits per heavy atom. The second kappa shape index (κ2) is 13.1. The first-order chi connectivity index (χ1) is 19.2. The topological polar surface area (TPSA) is 108 Å². The van der Waals surface area contributed by atoms with Crippen LogP contribution in [0.15, 0.2) is 60.7 Å². The third-order valence-corrected chi connectivity index (χ3v) is 7.04. The minimum absolute atomic E-state index is 0.0916. The number of hydrogen-bond acceptors (Lipinski definition) is 5. The number of rotatable bonds is 9. The maximum absolute atomic E-state index is 14.3. The molecule has 8 nitrogen and oxygen atoms in total. The molecule has 3 N–H and O–H groups in total. The van der Waals surface area contributed by atoms with Gasteiger partial charge in [-0.15, -0.1) is 0 Å². The van der Waals surface area contributed by atoms with Crippen LogP contribution < -0.4 is 10.6 Å². The van der Waals surface area contributed by atoms with Gasteiger partial charge in [0.1, 0.15) is 23.4 Å². The molecule has 0 aliphatic rings. The Hall–Kier alpha value is -4.07. The summed E-state index contributed by atoms with van der Waals surface area (Å²) in [6, 6.07) is 16.0. The Kier molecular flexibility index (Phi) is 10.0. The fourth-order valence-electron chi connectivity index (χ4n) is 4.72. The molecule has 41 heavy (non-hydrogen) atoms. The van der Waals surface area contributed by atoms with Crippen LogP contribution in [0.2, 0.25) is 0 Å². The quantitative estimate of drug-likeness (QED) is 0.269. The number of phenols is 1. The lowest BCUT2D eigenvalue weighted by Gasteiger charge is -2.38. The third kappa shape index (κ3) is 7.99. The Labute approximate surface area is 243 Å². The molecule has 3 unspecified atom stereocenters. The lowest BCUT2D eigenvalue weighted by atomic mass is 9.94. The molecular formula is C33H43N3O5. The van der Waals surface area contributed by atoms with E-state index in [4.69, 9.17) is 4.74 Å². The molecule has 220 valence electrons. The van der Waals surface area contributed by atoms with Crippen molar-refractivity contribution in [3.05, 3.63) is 71.8 Å².